The molecule has 0 radical (unpaired) electrons. The molecule has 10 rings (SSSR count). The zero-order chi connectivity index (χ0) is 39.5. The Labute approximate surface area is 355 Å². The van der Waals surface area contributed by atoms with Crippen molar-refractivity contribution < 1.29 is 15.6 Å². The number of halogens is 2. The molecule has 3 atom stereocenters. The van der Waals surface area contributed by atoms with Crippen LogP contribution in [-0.2, 0) is 15.6 Å². The van der Waals surface area contributed by atoms with Crippen molar-refractivity contribution in [3.8, 4) is 22.3 Å². The van der Waals surface area contributed by atoms with E-state index in [2.05, 4.69) is 147 Å². The zero-order valence-corrected chi connectivity index (χ0v) is 39.5. The Hall–Kier alpha value is -3.00. The average molecular weight is 896 g/mol. The van der Waals surface area contributed by atoms with E-state index in [0.717, 1.165) is 19.3 Å². The van der Waals surface area contributed by atoms with Crippen molar-refractivity contribution in [1.82, 2.24) is 0 Å². The fraction of sp³-hybridized carbons (Fsp3) is 0.333. The summed E-state index contributed by atoms with van der Waals surface area (Å²) in [6, 6.07) is 47.0. The maximum atomic E-state index is 9.29. The molecule has 0 spiro atoms. The summed E-state index contributed by atoms with van der Waals surface area (Å²) in [4.78, 5) is 0. The first-order valence-electron chi connectivity index (χ1n) is 22.5. The van der Waals surface area contributed by atoms with Crippen molar-refractivity contribution in [3.05, 3.63) is 155 Å². The summed E-state index contributed by atoms with van der Waals surface area (Å²) in [7, 11) is 18.6. The minimum absolute atomic E-state index is 0.118. The quantitative estimate of drug-likeness (QED) is 0.114. The van der Waals surface area contributed by atoms with Crippen LogP contribution in [0.25, 0.3) is 56.0 Å². The van der Waals surface area contributed by atoms with Gasteiger partial charge in [-0.2, -0.15) is 0 Å². The molecule has 0 aromatic heterocycles. The summed E-state index contributed by atoms with van der Waals surface area (Å²) in [5.74, 6) is -0.323. The first-order valence-corrected chi connectivity index (χ1v) is 38.5. The topological polar surface area (TPSA) is 0 Å². The fourth-order valence-electron chi connectivity index (χ4n) is 12.5. The van der Waals surface area contributed by atoms with Gasteiger partial charge in [0.05, 0.1) is 0 Å². The molecule has 0 N–H and O–H groups in total. The summed E-state index contributed by atoms with van der Waals surface area (Å²) in [6.45, 7) is 4.99. The van der Waals surface area contributed by atoms with E-state index >= 15 is 0 Å². The Bertz CT molecular complexity index is 2410. The van der Waals surface area contributed by atoms with Gasteiger partial charge in [0.25, 0.3) is 0 Å². The van der Waals surface area contributed by atoms with Crippen molar-refractivity contribution >= 4 is 56.6 Å². The molecule has 4 aliphatic rings. The molecule has 58 heavy (non-hydrogen) atoms. The molecule has 6 aromatic rings. The normalized spacial score (nSPS) is 20.9. The Morgan fingerprint density at radius 2 is 0.914 bits per heavy atom. The van der Waals surface area contributed by atoms with Gasteiger partial charge >= 0.3 is 358 Å². The molecule has 0 amide bonds. The SMILES string of the molecule is CCC[SiH](C)[Zr]([Cl])([Cl])([CH]1C(CC2CCCC2)=Cc2c(-c3cccc4ccccc34)cccc21)[CH]1C(CC2CCCC2)=Cc2c(-c3cccc4ccccc34)cccc21. The molecule has 0 aliphatic heterocycles. The van der Waals surface area contributed by atoms with Crippen LogP contribution in [0.4, 0.5) is 0 Å². The number of hydrogen-bond donors (Lipinski definition) is 0. The van der Waals surface area contributed by atoms with Crippen molar-refractivity contribution in [2.75, 3.05) is 0 Å². The van der Waals surface area contributed by atoms with Crippen LogP contribution in [0.1, 0.15) is 107 Å². The molecule has 295 valence electrons. The second-order valence-electron chi connectivity index (χ2n) is 18.6. The van der Waals surface area contributed by atoms with Gasteiger partial charge in [-0.3, -0.25) is 0 Å². The molecule has 2 fully saturated rings. The first-order chi connectivity index (χ1) is 28.3. The van der Waals surface area contributed by atoms with Crippen LogP contribution in [0, 0.1) is 11.8 Å². The molecule has 0 bridgehead atoms. The van der Waals surface area contributed by atoms with E-state index < -0.39 is 21.5 Å². The maximum absolute atomic E-state index is 9.29. The van der Waals surface area contributed by atoms with Gasteiger partial charge in [0, 0.05) is 0 Å². The third-order valence-corrected chi connectivity index (χ3v) is 65.7. The fourth-order valence-corrected chi connectivity index (χ4v) is 53.7. The van der Waals surface area contributed by atoms with E-state index in [9.17, 15) is 17.0 Å². The summed E-state index contributed by atoms with van der Waals surface area (Å²) >= 11 is -5.10. The van der Waals surface area contributed by atoms with Crippen molar-refractivity contribution in [2.24, 2.45) is 11.8 Å². The molecule has 4 heteroatoms. The Kier molecular flexibility index (Phi) is 10.7. The van der Waals surface area contributed by atoms with Crippen LogP contribution in [-0.4, -0.2) is 5.92 Å². The van der Waals surface area contributed by atoms with Gasteiger partial charge in [-0.05, 0) is 0 Å². The molecule has 3 unspecified atom stereocenters. The van der Waals surface area contributed by atoms with Gasteiger partial charge in [0.2, 0.25) is 0 Å². The van der Waals surface area contributed by atoms with Crippen molar-refractivity contribution in [1.29, 1.82) is 0 Å². The Balaban J connectivity index is 1.22. The molecule has 4 aliphatic carbocycles. The van der Waals surface area contributed by atoms with Crippen LogP contribution in [0.3, 0.4) is 0 Å². The second-order valence-corrected chi connectivity index (χ2v) is 59.9. The van der Waals surface area contributed by atoms with Crippen LogP contribution >= 0.6 is 17.0 Å². The van der Waals surface area contributed by atoms with Gasteiger partial charge in [-0.1, -0.05) is 0 Å². The van der Waals surface area contributed by atoms with Gasteiger partial charge in [0.15, 0.2) is 0 Å². The van der Waals surface area contributed by atoms with E-state index in [1.807, 2.05) is 0 Å². The van der Waals surface area contributed by atoms with E-state index in [1.165, 1.54) is 123 Å². The predicted molar refractivity (Wildman–Crippen MR) is 253 cm³/mol. The van der Waals surface area contributed by atoms with Crippen molar-refractivity contribution in [3.63, 3.8) is 0 Å². The predicted octanol–water partition coefficient (Wildman–Crippen LogP) is 16.8. The molecular formula is C54H57Cl2SiZr. The summed E-state index contributed by atoms with van der Waals surface area (Å²) < 4.78 is 0.236. The van der Waals surface area contributed by atoms with Gasteiger partial charge in [-0.25, -0.2) is 0 Å². The first kappa shape index (κ1) is 39.2. The third kappa shape index (κ3) is 6.54. The van der Waals surface area contributed by atoms with Crippen LogP contribution < -0.4 is 0 Å². The monoisotopic (exact) mass is 893 g/mol. The number of benzene rings is 6. The number of rotatable bonds is 11. The Morgan fingerprint density at radius 1 is 0.517 bits per heavy atom. The van der Waals surface area contributed by atoms with Crippen molar-refractivity contribution in [2.45, 2.75) is 97.4 Å². The minimum atomic E-state index is -5.10. The number of allylic oxidation sites excluding steroid dienone is 2. The molecule has 6 aromatic carbocycles. The molecule has 0 heterocycles. The summed E-state index contributed by atoms with van der Waals surface area (Å²) in [6.07, 6.45) is 19.3. The van der Waals surface area contributed by atoms with Gasteiger partial charge in [0.1, 0.15) is 0 Å². The van der Waals surface area contributed by atoms with Crippen LogP contribution in [0.5, 0.6) is 0 Å². The van der Waals surface area contributed by atoms with E-state index in [1.54, 1.807) is 11.1 Å². The number of hydrogen-bond acceptors (Lipinski definition) is 0. The molecule has 0 nitrogen and oxygen atoms in total. The van der Waals surface area contributed by atoms with Gasteiger partial charge in [-0.15, -0.1) is 0 Å². The standard InChI is InChI=1S/2C25H23.C4H11Si.2ClH.Zr/c2*1-2-8-18(7-1)15-19-16-21-11-6-14-24(25(21)17-19)23-13-5-10-20-9-3-4-12-22(20)23;1-3-4-5-2;;;/h2*3-6,9-14,16-18H,1-2,7-8,15H2;5H,3-4H2,1-2H3;2*1H;/q;;;;;+2/p-2. The summed E-state index contributed by atoms with van der Waals surface area (Å²) in [5.41, 5.74) is 14.1. The third-order valence-electron chi connectivity index (χ3n) is 15.2. The average Bonchev–Trinajstić information content (AvgIpc) is 4.08. The second kappa shape index (κ2) is 15.8. The molecule has 2 saturated carbocycles. The van der Waals surface area contributed by atoms with E-state index in [4.69, 9.17) is 0 Å². The number of fused-ring (bicyclic) bond motifs is 4. The zero-order valence-electron chi connectivity index (χ0n) is 34.3. The Morgan fingerprint density at radius 3 is 1.36 bits per heavy atom. The van der Waals surface area contributed by atoms with E-state index in [0.29, 0.717) is 11.8 Å². The van der Waals surface area contributed by atoms with E-state index in [-0.39, 0.29) is 7.25 Å². The summed E-state index contributed by atoms with van der Waals surface area (Å²) in [5, 5.41) is 5.21. The van der Waals surface area contributed by atoms with Crippen LogP contribution in [0.2, 0.25) is 12.6 Å². The van der Waals surface area contributed by atoms with Crippen LogP contribution in [0.15, 0.2) is 132 Å². The molecule has 0 saturated heterocycles. The van der Waals surface area contributed by atoms with Gasteiger partial charge < -0.3 is 0 Å². The molecular weight excluding hydrogens is 839 g/mol.